The maximum atomic E-state index is 4.49. The third kappa shape index (κ3) is 26.8. The van der Waals surface area contributed by atoms with Crippen LogP contribution in [-0.4, -0.2) is 32.4 Å². The number of hydrogen-bond donors (Lipinski definition) is 0. The summed E-state index contributed by atoms with van der Waals surface area (Å²) in [7, 11) is 0. The van der Waals surface area contributed by atoms with E-state index in [-0.39, 0.29) is 0 Å². The molecule has 0 unspecified atom stereocenters. The Morgan fingerprint density at radius 2 is 0.721 bits per heavy atom. The average molecular weight is 1400 g/mol. The molecule has 6 nitrogen and oxygen atoms in total. The summed E-state index contributed by atoms with van der Waals surface area (Å²) in [6, 6.07) is 22.0. The zero-order chi connectivity index (χ0) is 78.8. The van der Waals surface area contributed by atoms with Crippen molar-refractivity contribution in [1.82, 2.24) is 19.9 Å². The van der Waals surface area contributed by atoms with Gasteiger partial charge in [0.25, 0.3) is 0 Å². The summed E-state index contributed by atoms with van der Waals surface area (Å²) in [5, 5.41) is 0. The number of benzene rings is 4. The molecule has 16 rings (SSSR count). The number of rotatable bonds is 0. The van der Waals surface area contributed by atoms with Crippen LogP contribution in [0.3, 0.4) is 0 Å². The lowest BCUT2D eigenvalue weighted by Gasteiger charge is -2.06. The Bertz CT molecular complexity index is 3650. The molecule has 0 saturated heterocycles. The summed E-state index contributed by atoms with van der Waals surface area (Å²) in [6.07, 6.45) is 41.4. The predicted octanol–water partition coefficient (Wildman–Crippen LogP) is 27.8. The summed E-state index contributed by atoms with van der Waals surface area (Å²) >= 11 is 0. The van der Waals surface area contributed by atoms with E-state index in [4.69, 9.17) is 0 Å². The zero-order valence-corrected chi connectivity index (χ0v) is 71.4. The molecule has 0 spiro atoms. The first-order valence-corrected chi connectivity index (χ1v) is 39.5. The molecule has 2 aliphatic heterocycles. The van der Waals surface area contributed by atoms with E-state index in [1.165, 1.54) is 145 Å². The SMILES string of the molecule is CC.CC.CC.CC.CC.CC.CC.CC.Cc1cc2c(cc1C)CC=C2.Cc1cc2c(nc1C)C=CC2.Cc1cc2c(nc1C)CC=C2.Cc1ccc2c(c1C)CC=C2.Cc1ccc2c(c1C)CC=N2.Cc1ccc2c(c1C)CN=C2.Cc1cnc2c(c1C)CC=C2.Cc1ncc2c(c1C)CC=C2. The molecule has 0 atom stereocenters. The predicted molar refractivity (Wildman–Crippen MR) is 469 cm³/mol. The van der Waals surface area contributed by atoms with Crippen molar-refractivity contribution >= 4 is 54.6 Å². The minimum Gasteiger partial charge on any atom is -0.288 e. The number of aliphatic imine (C=N–C) groups is 2. The van der Waals surface area contributed by atoms with Gasteiger partial charge in [0.15, 0.2) is 0 Å². The lowest BCUT2D eigenvalue weighted by molar-refractivity contribution is 1.05. The van der Waals surface area contributed by atoms with Crippen LogP contribution in [0.15, 0.2) is 119 Å². The standard InChI is InChI=1S/2C11H12.6C10H11N.8C2H6/c1-8-6-10-4-3-5-11(10)7-9(8)2;1-8-6-7-10-4-3-5-11(10)9(8)2;1-7-3-4-9-5-11-6-10(9)8(7)2;1-7-3-4-10-9(8(7)2)5-6-11-10;1-7-8(2)11-6-9-4-3-5-10(7)9;1-7-6-11-10-5-3-4-9(10)8(7)2;2*1-7-6-9-4-3-5-10(9)11-8(7)2;8*1-2/h2*3-4,6-7H,5H2,1-2H3;3-5H,6H2,1-2H3;2*3-4,6H,5H2,1-2H3;2*3,5-6H,4H2,1-2H3;3-4,6H,5H2,1-2H3;8*1-2H3. The van der Waals surface area contributed by atoms with Crippen molar-refractivity contribution < 1.29 is 0 Å². The van der Waals surface area contributed by atoms with Crippen LogP contribution in [0.5, 0.6) is 0 Å². The average Bonchev–Trinajstić information content (AvgIpc) is 1.66. The molecule has 0 radical (unpaired) electrons. The Hall–Kier alpha value is -8.74. The van der Waals surface area contributed by atoms with E-state index in [2.05, 4.69) is 274 Å². The van der Waals surface area contributed by atoms with Crippen LogP contribution in [0.4, 0.5) is 5.69 Å². The molecule has 6 heterocycles. The molecule has 0 bridgehead atoms. The van der Waals surface area contributed by atoms with Crippen molar-refractivity contribution in [2.75, 3.05) is 0 Å². The van der Waals surface area contributed by atoms with Crippen LogP contribution < -0.4 is 0 Å². The first-order valence-electron chi connectivity index (χ1n) is 39.5. The highest BCUT2D eigenvalue weighted by Gasteiger charge is 2.15. The van der Waals surface area contributed by atoms with Crippen molar-refractivity contribution in [2.24, 2.45) is 9.98 Å². The number of aromatic nitrogens is 4. The molecule has 4 aromatic carbocycles. The van der Waals surface area contributed by atoms with E-state index in [1.54, 1.807) is 0 Å². The summed E-state index contributed by atoms with van der Waals surface area (Å²) in [5.74, 6) is 0. The number of allylic oxidation sites excluding steroid dienone is 6. The summed E-state index contributed by atoms with van der Waals surface area (Å²) in [5.41, 5.74) is 42.8. The van der Waals surface area contributed by atoms with Gasteiger partial charge in [-0.1, -0.05) is 220 Å². The van der Waals surface area contributed by atoms with E-state index in [9.17, 15) is 0 Å². The summed E-state index contributed by atoms with van der Waals surface area (Å²) in [6.45, 7) is 67.1. The highest BCUT2D eigenvalue weighted by molar-refractivity contribution is 5.85. The van der Waals surface area contributed by atoms with Gasteiger partial charge >= 0.3 is 0 Å². The number of nitrogens with zero attached hydrogens (tertiary/aromatic N) is 6. The van der Waals surface area contributed by atoms with Gasteiger partial charge in [-0.05, 0) is 306 Å². The van der Waals surface area contributed by atoms with Gasteiger partial charge in [-0.25, -0.2) is 0 Å². The molecule has 0 amide bonds. The second kappa shape index (κ2) is 50.6. The lowest BCUT2D eigenvalue weighted by atomic mass is 9.99. The molecule has 8 aliphatic rings. The molecule has 6 aliphatic carbocycles. The lowest BCUT2D eigenvalue weighted by Crippen LogP contribution is -1.93. The van der Waals surface area contributed by atoms with Crippen LogP contribution in [0.1, 0.15) is 284 Å². The first-order chi connectivity index (χ1) is 50.3. The summed E-state index contributed by atoms with van der Waals surface area (Å²) < 4.78 is 0. The molecule has 6 heteroatoms. The fourth-order valence-corrected chi connectivity index (χ4v) is 11.8. The zero-order valence-electron chi connectivity index (χ0n) is 71.4. The van der Waals surface area contributed by atoms with Gasteiger partial charge in [-0.3, -0.25) is 29.9 Å². The van der Waals surface area contributed by atoms with Gasteiger partial charge in [-0.2, -0.15) is 0 Å². The second-order valence-corrected chi connectivity index (χ2v) is 24.6. The van der Waals surface area contributed by atoms with Crippen LogP contribution in [0.2, 0.25) is 0 Å². The maximum Gasteiger partial charge on any atom is 0.0665 e. The first kappa shape index (κ1) is 93.3. The van der Waals surface area contributed by atoms with Crippen molar-refractivity contribution in [3.05, 3.63) is 283 Å². The van der Waals surface area contributed by atoms with Gasteiger partial charge in [0.05, 0.1) is 29.3 Å². The Labute approximate surface area is 636 Å². The van der Waals surface area contributed by atoms with Crippen LogP contribution in [0, 0.1) is 111 Å². The smallest absolute Gasteiger partial charge is 0.0665 e. The van der Waals surface area contributed by atoms with Crippen LogP contribution in [0.25, 0.3) is 36.5 Å². The van der Waals surface area contributed by atoms with E-state index in [0.717, 1.165) is 85.6 Å². The third-order valence-electron chi connectivity index (χ3n) is 18.8. The highest BCUT2D eigenvalue weighted by atomic mass is 14.8. The molecule has 560 valence electrons. The molecule has 4 aromatic heterocycles. The van der Waals surface area contributed by atoms with Gasteiger partial charge in [0.1, 0.15) is 0 Å². The van der Waals surface area contributed by atoms with Crippen molar-refractivity contribution in [2.45, 2.75) is 273 Å². The molecule has 104 heavy (non-hydrogen) atoms. The fourth-order valence-electron chi connectivity index (χ4n) is 11.8. The Kier molecular flexibility index (Phi) is 45.4. The van der Waals surface area contributed by atoms with Crippen molar-refractivity contribution in [3.8, 4) is 0 Å². The maximum absolute atomic E-state index is 4.49. The Morgan fingerprint density at radius 1 is 0.279 bits per heavy atom. The van der Waals surface area contributed by atoms with Gasteiger partial charge in [0, 0.05) is 54.7 Å². The number of hydrogen-bond acceptors (Lipinski definition) is 6. The molecular weight excluding hydrogens is 1260 g/mol. The van der Waals surface area contributed by atoms with E-state index < -0.39 is 0 Å². The second-order valence-electron chi connectivity index (χ2n) is 24.6. The fraction of sp³-hybridized carbons (Fsp3) is 0.408. The normalized spacial score (nSPS) is 12.0. The molecule has 0 saturated carbocycles. The molecular formula is C98H138N6. The van der Waals surface area contributed by atoms with Crippen molar-refractivity contribution in [3.63, 3.8) is 0 Å². The highest BCUT2D eigenvalue weighted by Crippen LogP contribution is 2.30. The monoisotopic (exact) mass is 1400 g/mol. The summed E-state index contributed by atoms with van der Waals surface area (Å²) in [4.78, 5) is 26.1. The topological polar surface area (TPSA) is 76.3 Å². The Balaban J connectivity index is 0.000000578. The van der Waals surface area contributed by atoms with Gasteiger partial charge in [-0.15, -0.1) is 0 Å². The van der Waals surface area contributed by atoms with Gasteiger partial charge < -0.3 is 0 Å². The largest absolute Gasteiger partial charge is 0.288 e. The van der Waals surface area contributed by atoms with Crippen LogP contribution in [-0.2, 0) is 51.5 Å². The Morgan fingerprint density at radius 3 is 1.37 bits per heavy atom. The number of fused-ring (bicyclic) bond motifs is 8. The number of aryl methyl sites for hydroxylation is 11. The van der Waals surface area contributed by atoms with Crippen LogP contribution >= 0.6 is 0 Å². The van der Waals surface area contributed by atoms with E-state index in [1.807, 2.05) is 136 Å². The van der Waals surface area contributed by atoms with E-state index >= 15 is 0 Å². The molecule has 0 N–H and O–H groups in total. The third-order valence-corrected chi connectivity index (χ3v) is 18.8. The quantitative estimate of drug-likeness (QED) is 0.152. The molecule has 0 fully saturated rings. The van der Waals surface area contributed by atoms with E-state index in [0.29, 0.717) is 0 Å². The minimum atomic E-state index is 0.878. The van der Waals surface area contributed by atoms with Gasteiger partial charge in [0.2, 0.25) is 0 Å². The molecule has 8 aromatic rings. The van der Waals surface area contributed by atoms with Crippen molar-refractivity contribution in [1.29, 1.82) is 0 Å². The number of pyridine rings is 4. The minimum absolute atomic E-state index is 0.878.